The maximum atomic E-state index is 12.9. The van der Waals surface area contributed by atoms with Crippen molar-refractivity contribution in [3.8, 4) is 0 Å². The van der Waals surface area contributed by atoms with Crippen molar-refractivity contribution in [1.82, 2.24) is 5.32 Å². The molecule has 1 amide bonds. The van der Waals surface area contributed by atoms with Gasteiger partial charge in [-0.05, 0) is 36.6 Å². The first kappa shape index (κ1) is 18.4. The average molecular weight is 365 g/mol. The second-order valence-electron chi connectivity index (χ2n) is 6.28. The van der Waals surface area contributed by atoms with E-state index in [1.54, 1.807) is 18.3 Å². The summed E-state index contributed by atoms with van der Waals surface area (Å²) in [6, 6.07) is 23.7. The van der Waals surface area contributed by atoms with Gasteiger partial charge in [0.05, 0.1) is 12.0 Å². The molecule has 0 fully saturated rings. The van der Waals surface area contributed by atoms with Gasteiger partial charge in [0, 0.05) is 16.3 Å². The Morgan fingerprint density at radius 2 is 1.54 bits per heavy atom. The van der Waals surface area contributed by atoms with Gasteiger partial charge in [0.15, 0.2) is 0 Å². The largest absolute Gasteiger partial charge is 0.388 e. The molecule has 4 heteroatoms. The highest BCUT2D eigenvalue weighted by Gasteiger charge is 2.22. The van der Waals surface area contributed by atoms with Crippen LogP contribution in [0.1, 0.15) is 39.8 Å². The summed E-state index contributed by atoms with van der Waals surface area (Å²) in [5.74, 6) is -0.302. The van der Waals surface area contributed by atoms with Crippen molar-refractivity contribution < 1.29 is 9.90 Å². The second-order valence-corrected chi connectivity index (χ2v) is 7.48. The normalized spacial score (nSPS) is 12.1. The Morgan fingerprint density at radius 3 is 2.04 bits per heavy atom. The van der Waals surface area contributed by atoms with Crippen molar-refractivity contribution in [1.29, 1.82) is 0 Å². The van der Waals surface area contributed by atoms with Crippen molar-refractivity contribution in [3.05, 3.63) is 93.7 Å². The van der Waals surface area contributed by atoms with Crippen molar-refractivity contribution >= 4 is 17.2 Å². The number of aliphatic hydroxyl groups is 1. The van der Waals surface area contributed by atoms with E-state index in [0.29, 0.717) is 6.54 Å². The van der Waals surface area contributed by atoms with Crippen LogP contribution in [-0.4, -0.2) is 17.6 Å². The standard InChI is InChI=1S/C22H23NO2S/c1-16(24)20-13-12-19(26-20)14-15-23-22(25)21(17-8-4-2-5-9-17)18-10-6-3-7-11-18/h2-13,16,21,24H,14-15H2,1H3,(H,23,25). The van der Waals surface area contributed by atoms with Gasteiger partial charge in [0.1, 0.15) is 0 Å². The summed E-state index contributed by atoms with van der Waals surface area (Å²) in [6.45, 7) is 2.34. The lowest BCUT2D eigenvalue weighted by molar-refractivity contribution is -0.121. The minimum atomic E-state index is -0.441. The number of aliphatic hydroxyl groups excluding tert-OH is 1. The van der Waals surface area contributed by atoms with Crippen molar-refractivity contribution in [3.63, 3.8) is 0 Å². The molecule has 0 aliphatic carbocycles. The highest BCUT2D eigenvalue weighted by atomic mass is 32.1. The molecule has 3 nitrogen and oxygen atoms in total. The minimum Gasteiger partial charge on any atom is -0.388 e. The summed E-state index contributed by atoms with van der Waals surface area (Å²) < 4.78 is 0. The number of thiophene rings is 1. The number of benzene rings is 2. The zero-order valence-electron chi connectivity index (χ0n) is 14.8. The van der Waals surface area contributed by atoms with Crippen LogP contribution in [0.4, 0.5) is 0 Å². The van der Waals surface area contributed by atoms with Crippen LogP contribution in [0.3, 0.4) is 0 Å². The fourth-order valence-corrected chi connectivity index (χ4v) is 3.90. The van der Waals surface area contributed by atoms with Gasteiger partial charge in [0.2, 0.25) is 5.91 Å². The smallest absolute Gasteiger partial charge is 0.232 e. The molecule has 1 atom stereocenters. The molecule has 0 spiro atoms. The third-order valence-electron chi connectivity index (χ3n) is 4.29. The van der Waals surface area contributed by atoms with Crippen LogP contribution in [0.25, 0.3) is 0 Å². The van der Waals surface area contributed by atoms with Crippen LogP contribution in [0, 0.1) is 0 Å². The van der Waals surface area contributed by atoms with E-state index >= 15 is 0 Å². The molecule has 134 valence electrons. The van der Waals surface area contributed by atoms with Gasteiger partial charge in [-0.1, -0.05) is 60.7 Å². The van der Waals surface area contributed by atoms with Crippen LogP contribution < -0.4 is 5.32 Å². The summed E-state index contributed by atoms with van der Waals surface area (Å²) >= 11 is 1.59. The quantitative estimate of drug-likeness (QED) is 0.656. The number of rotatable bonds is 7. The highest BCUT2D eigenvalue weighted by molar-refractivity contribution is 7.12. The van der Waals surface area contributed by atoms with Crippen LogP contribution >= 0.6 is 11.3 Å². The first-order valence-corrected chi connectivity index (χ1v) is 9.61. The molecule has 26 heavy (non-hydrogen) atoms. The summed E-state index contributed by atoms with van der Waals surface area (Å²) in [4.78, 5) is 15.0. The van der Waals surface area contributed by atoms with Crippen LogP contribution in [0.5, 0.6) is 0 Å². The zero-order chi connectivity index (χ0) is 18.4. The molecule has 0 saturated heterocycles. The van der Waals surface area contributed by atoms with Crippen LogP contribution in [0.15, 0.2) is 72.8 Å². The van der Waals surface area contributed by atoms with E-state index in [-0.39, 0.29) is 11.8 Å². The van der Waals surface area contributed by atoms with Gasteiger partial charge < -0.3 is 10.4 Å². The molecule has 3 aromatic rings. The Bertz CT molecular complexity index is 788. The topological polar surface area (TPSA) is 49.3 Å². The summed E-state index contributed by atoms with van der Waals surface area (Å²) in [7, 11) is 0. The van der Waals surface area contributed by atoms with Gasteiger partial charge in [-0.3, -0.25) is 4.79 Å². The number of amides is 1. The van der Waals surface area contributed by atoms with E-state index < -0.39 is 6.10 Å². The Kier molecular flexibility index (Phi) is 6.21. The number of carbonyl (C=O) groups excluding carboxylic acids is 1. The molecular formula is C22H23NO2S. The monoisotopic (exact) mass is 365 g/mol. The van der Waals surface area contributed by atoms with E-state index in [2.05, 4.69) is 5.32 Å². The SMILES string of the molecule is CC(O)c1ccc(CCNC(=O)C(c2ccccc2)c2ccccc2)s1. The van der Waals surface area contributed by atoms with Crippen molar-refractivity contribution in [2.45, 2.75) is 25.4 Å². The predicted octanol–water partition coefficient (Wildman–Crippen LogP) is 4.29. The van der Waals surface area contributed by atoms with E-state index in [1.807, 2.05) is 72.8 Å². The maximum absolute atomic E-state index is 12.9. The molecule has 1 heterocycles. The van der Waals surface area contributed by atoms with Crippen molar-refractivity contribution in [2.24, 2.45) is 0 Å². The molecule has 0 bridgehead atoms. The van der Waals surface area contributed by atoms with Gasteiger partial charge in [0.25, 0.3) is 0 Å². The van der Waals surface area contributed by atoms with Crippen molar-refractivity contribution in [2.75, 3.05) is 6.54 Å². The third-order valence-corrected chi connectivity index (χ3v) is 5.61. The predicted molar refractivity (Wildman–Crippen MR) is 106 cm³/mol. The first-order chi connectivity index (χ1) is 12.6. The number of nitrogens with one attached hydrogen (secondary N) is 1. The van der Waals surface area contributed by atoms with E-state index in [4.69, 9.17) is 0 Å². The lowest BCUT2D eigenvalue weighted by Crippen LogP contribution is -2.31. The lowest BCUT2D eigenvalue weighted by atomic mass is 9.90. The van der Waals surface area contributed by atoms with Gasteiger partial charge >= 0.3 is 0 Å². The van der Waals surface area contributed by atoms with Gasteiger partial charge in [-0.15, -0.1) is 11.3 Å². The van der Waals surface area contributed by atoms with Gasteiger partial charge in [-0.25, -0.2) is 0 Å². The molecule has 2 N–H and O–H groups in total. The average Bonchev–Trinajstić information content (AvgIpc) is 3.13. The summed E-state index contributed by atoms with van der Waals surface area (Å²) in [5.41, 5.74) is 1.98. The van der Waals surface area contributed by atoms with E-state index in [9.17, 15) is 9.90 Å². The first-order valence-electron chi connectivity index (χ1n) is 8.79. The summed E-state index contributed by atoms with van der Waals surface area (Å²) in [5, 5.41) is 12.7. The molecule has 3 rings (SSSR count). The molecule has 0 saturated carbocycles. The highest BCUT2D eigenvalue weighted by Crippen LogP contribution is 2.25. The third kappa shape index (κ3) is 4.59. The fourth-order valence-electron chi connectivity index (χ4n) is 2.95. The fraction of sp³-hybridized carbons (Fsp3) is 0.227. The zero-order valence-corrected chi connectivity index (χ0v) is 15.6. The Balaban J connectivity index is 1.68. The molecule has 2 aromatic carbocycles. The molecular weight excluding hydrogens is 342 g/mol. The summed E-state index contributed by atoms with van der Waals surface area (Å²) in [6.07, 6.45) is 0.322. The Morgan fingerprint density at radius 1 is 0.962 bits per heavy atom. The van der Waals surface area contributed by atoms with E-state index in [1.165, 1.54) is 0 Å². The lowest BCUT2D eigenvalue weighted by Gasteiger charge is -2.17. The Labute approximate surface area is 158 Å². The molecule has 1 unspecified atom stereocenters. The second kappa shape index (κ2) is 8.79. The maximum Gasteiger partial charge on any atom is 0.232 e. The van der Waals surface area contributed by atoms with Gasteiger partial charge in [-0.2, -0.15) is 0 Å². The number of hydrogen-bond acceptors (Lipinski definition) is 3. The molecule has 0 aliphatic heterocycles. The number of carbonyl (C=O) groups is 1. The van der Waals surface area contributed by atoms with E-state index in [0.717, 1.165) is 27.3 Å². The number of hydrogen-bond donors (Lipinski definition) is 2. The Hall–Kier alpha value is -2.43. The molecule has 0 aliphatic rings. The van der Waals surface area contributed by atoms with Crippen LogP contribution in [-0.2, 0) is 11.2 Å². The van der Waals surface area contributed by atoms with Crippen LogP contribution in [0.2, 0.25) is 0 Å². The molecule has 0 radical (unpaired) electrons. The minimum absolute atomic E-state index is 0.00899. The molecule has 1 aromatic heterocycles.